The molecular weight excluding hydrogens is 299 g/mol. The van der Waals surface area contributed by atoms with Gasteiger partial charge in [0.2, 0.25) is 0 Å². The van der Waals surface area contributed by atoms with Crippen LogP contribution in [0.2, 0.25) is 0 Å². The highest BCUT2D eigenvalue weighted by Gasteiger charge is 2.26. The van der Waals surface area contributed by atoms with Crippen molar-refractivity contribution < 1.29 is 9.50 Å². The zero-order chi connectivity index (χ0) is 13.1. The molecular formula is C13H18BrFN2O. The van der Waals surface area contributed by atoms with Crippen molar-refractivity contribution in [2.45, 2.75) is 19.4 Å². The lowest BCUT2D eigenvalue weighted by molar-refractivity contribution is 0.163. The van der Waals surface area contributed by atoms with Crippen LogP contribution in [0.3, 0.4) is 0 Å². The second-order valence-electron chi connectivity index (χ2n) is 4.50. The second-order valence-corrected chi connectivity index (χ2v) is 5.36. The van der Waals surface area contributed by atoms with E-state index in [9.17, 15) is 9.50 Å². The first-order valence-corrected chi connectivity index (χ1v) is 7.06. The number of piperazine rings is 1. The van der Waals surface area contributed by atoms with Crippen molar-refractivity contribution >= 4 is 15.9 Å². The van der Waals surface area contributed by atoms with Gasteiger partial charge in [0.15, 0.2) is 0 Å². The molecule has 3 nitrogen and oxygen atoms in total. The second kappa shape index (κ2) is 5.99. The van der Waals surface area contributed by atoms with Gasteiger partial charge in [0.1, 0.15) is 11.6 Å². The third kappa shape index (κ3) is 2.68. The normalized spacial score (nSPS) is 18.8. The largest absolute Gasteiger partial charge is 0.506 e. The lowest BCUT2D eigenvalue weighted by Gasteiger charge is -2.35. The molecule has 0 amide bonds. The van der Waals surface area contributed by atoms with Crippen molar-refractivity contribution in [1.82, 2.24) is 10.2 Å². The van der Waals surface area contributed by atoms with Crippen molar-refractivity contribution in [2.75, 3.05) is 26.2 Å². The third-order valence-electron chi connectivity index (χ3n) is 3.43. The average Bonchev–Trinajstić information content (AvgIpc) is 2.40. The van der Waals surface area contributed by atoms with Crippen LogP contribution in [0.4, 0.5) is 4.39 Å². The van der Waals surface area contributed by atoms with Crippen molar-refractivity contribution in [1.29, 1.82) is 0 Å². The Balaban J connectivity index is 2.34. The van der Waals surface area contributed by atoms with Crippen LogP contribution >= 0.6 is 15.9 Å². The number of phenols is 1. The zero-order valence-corrected chi connectivity index (χ0v) is 12.0. The average molecular weight is 317 g/mol. The molecule has 0 bridgehead atoms. The van der Waals surface area contributed by atoms with Gasteiger partial charge in [0, 0.05) is 37.8 Å². The topological polar surface area (TPSA) is 35.5 Å². The molecule has 5 heteroatoms. The molecule has 1 heterocycles. The van der Waals surface area contributed by atoms with Crippen LogP contribution in [0, 0.1) is 5.82 Å². The molecule has 1 fully saturated rings. The van der Waals surface area contributed by atoms with Crippen molar-refractivity contribution in [3.8, 4) is 5.75 Å². The summed E-state index contributed by atoms with van der Waals surface area (Å²) in [6.45, 7) is 5.60. The summed E-state index contributed by atoms with van der Waals surface area (Å²) >= 11 is 3.25. The van der Waals surface area contributed by atoms with E-state index >= 15 is 0 Å². The molecule has 0 aliphatic carbocycles. The molecule has 2 rings (SSSR count). The molecule has 1 saturated heterocycles. The number of phenolic OH excluding ortho intramolecular Hbond substituents is 1. The molecule has 0 aromatic heterocycles. The van der Waals surface area contributed by atoms with Crippen LogP contribution in [0.15, 0.2) is 16.6 Å². The Labute approximate surface area is 115 Å². The van der Waals surface area contributed by atoms with E-state index in [2.05, 4.69) is 26.1 Å². The molecule has 0 spiro atoms. The molecule has 1 aliphatic rings. The number of benzene rings is 1. The van der Waals surface area contributed by atoms with Gasteiger partial charge in [-0.3, -0.25) is 4.90 Å². The maximum atomic E-state index is 14.0. The maximum absolute atomic E-state index is 14.0. The van der Waals surface area contributed by atoms with Crippen LogP contribution in [-0.4, -0.2) is 36.2 Å². The van der Waals surface area contributed by atoms with E-state index in [4.69, 9.17) is 0 Å². The Morgan fingerprint density at radius 3 is 2.72 bits per heavy atom. The quantitative estimate of drug-likeness (QED) is 0.900. The fraction of sp³-hybridized carbons (Fsp3) is 0.538. The Kier molecular flexibility index (Phi) is 4.59. The highest BCUT2D eigenvalue weighted by Crippen LogP contribution is 2.38. The third-order valence-corrected chi connectivity index (χ3v) is 4.07. The number of hydrogen-bond acceptors (Lipinski definition) is 3. The van der Waals surface area contributed by atoms with Gasteiger partial charge >= 0.3 is 0 Å². The fourth-order valence-electron chi connectivity index (χ4n) is 2.51. The molecule has 2 N–H and O–H groups in total. The minimum Gasteiger partial charge on any atom is -0.506 e. The number of nitrogens with zero attached hydrogens (tertiary/aromatic N) is 1. The molecule has 1 aliphatic heterocycles. The SMILES string of the molecule is CC[C@@H](c1c(F)ccc(Br)c1O)N1CCNCC1. The van der Waals surface area contributed by atoms with E-state index in [1.165, 1.54) is 6.07 Å². The number of rotatable bonds is 3. The first-order valence-electron chi connectivity index (χ1n) is 6.26. The van der Waals surface area contributed by atoms with Crippen LogP contribution in [0.25, 0.3) is 0 Å². The summed E-state index contributed by atoms with van der Waals surface area (Å²) in [5.74, 6) is -0.304. The van der Waals surface area contributed by atoms with Gasteiger partial charge in [-0.25, -0.2) is 4.39 Å². The van der Waals surface area contributed by atoms with Crippen molar-refractivity contribution in [3.05, 3.63) is 28.0 Å². The Morgan fingerprint density at radius 2 is 2.11 bits per heavy atom. The van der Waals surface area contributed by atoms with Gasteiger partial charge in [0.05, 0.1) is 4.47 Å². The molecule has 0 saturated carbocycles. The van der Waals surface area contributed by atoms with Gasteiger partial charge < -0.3 is 10.4 Å². The first kappa shape index (κ1) is 13.8. The standard InChI is InChI=1S/C13H18BrFN2O/c1-2-11(17-7-5-16-6-8-17)12-10(15)4-3-9(14)13(12)18/h3-4,11,16,18H,2,5-8H2,1H3/t11-/m0/s1. The van der Waals surface area contributed by atoms with E-state index < -0.39 is 0 Å². The minimum absolute atomic E-state index is 0.0281. The lowest BCUT2D eigenvalue weighted by Crippen LogP contribution is -2.45. The summed E-state index contributed by atoms with van der Waals surface area (Å²) in [6.07, 6.45) is 0.779. The molecule has 0 radical (unpaired) electrons. The van der Waals surface area contributed by atoms with Gasteiger partial charge in [-0.1, -0.05) is 6.92 Å². The van der Waals surface area contributed by atoms with E-state index in [0.717, 1.165) is 32.6 Å². The summed E-state index contributed by atoms with van der Waals surface area (Å²) in [5, 5.41) is 13.4. The monoisotopic (exact) mass is 316 g/mol. The molecule has 1 aromatic carbocycles. The number of aromatic hydroxyl groups is 1. The summed E-state index contributed by atoms with van der Waals surface area (Å²) < 4.78 is 14.5. The molecule has 18 heavy (non-hydrogen) atoms. The van der Waals surface area contributed by atoms with Gasteiger partial charge in [-0.15, -0.1) is 0 Å². The van der Waals surface area contributed by atoms with Gasteiger partial charge in [-0.05, 0) is 34.5 Å². The molecule has 100 valence electrons. The van der Waals surface area contributed by atoms with Crippen molar-refractivity contribution in [2.24, 2.45) is 0 Å². The number of hydrogen-bond donors (Lipinski definition) is 2. The van der Waals surface area contributed by atoms with E-state index in [-0.39, 0.29) is 17.6 Å². The number of halogens is 2. The number of nitrogens with one attached hydrogen (secondary N) is 1. The van der Waals surface area contributed by atoms with Gasteiger partial charge in [-0.2, -0.15) is 0 Å². The molecule has 1 atom stereocenters. The van der Waals surface area contributed by atoms with Crippen LogP contribution in [0.1, 0.15) is 24.9 Å². The predicted octanol–water partition coefficient (Wildman–Crippen LogP) is 2.65. The lowest BCUT2D eigenvalue weighted by atomic mass is 10.00. The van der Waals surface area contributed by atoms with Crippen LogP contribution in [0.5, 0.6) is 5.75 Å². The Hall–Kier alpha value is -0.650. The maximum Gasteiger partial charge on any atom is 0.137 e. The summed E-state index contributed by atoms with van der Waals surface area (Å²) in [7, 11) is 0. The summed E-state index contributed by atoms with van der Waals surface area (Å²) in [5.41, 5.74) is 0.411. The highest BCUT2D eigenvalue weighted by atomic mass is 79.9. The zero-order valence-electron chi connectivity index (χ0n) is 10.4. The van der Waals surface area contributed by atoms with E-state index in [1.54, 1.807) is 6.07 Å². The van der Waals surface area contributed by atoms with Crippen LogP contribution in [-0.2, 0) is 0 Å². The smallest absolute Gasteiger partial charge is 0.137 e. The summed E-state index contributed by atoms with van der Waals surface area (Å²) in [4.78, 5) is 2.22. The highest BCUT2D eigenvalue weighted by molar-refractivity contribution is 9.10. The predicted molar refractivity (Wildman–Crippen MR) is 73.2 cm³/mol. The summed E-state index contributed by atoms with van der Waals surface area (Å²) in [6, 6.07) is 2.88. The Morgan fingerprint density at radius 1 is 1.44 bits per heavy atom. The fourth-order valence-corrected chi connectivity index (χ4v) is 2.86. The Bertz CT molecular complexity index is 422. The van der Waals surface area contributed by atoms with Gasteiger partial charge in [0.25, 0.3) is 0 Å². The first-order chi connectivity index (χ1) is 8.65. The molecule has 0 unspecified atom stereocenters. The van der Waals surface area contributed by atoms with Crippen LogP contribution < -0.4 is 5.32 Å². The van der Waals surface area contributed by atoms with E-state index in [0.29, 0.717) is 10.0 Å². The van der Waals surface area contributed by atoms with E-state index in [1.807, 2.05) is 6.92 Å². The van der Waals surface area contributed by atoms with Crippen molar-refractivity contribution in [3.63, 3.8) is 0 Å². The minimum atomic E-state index is -0.332. The molecule has 1 aromatic rings.